The van der Waals surface area contributed by atoms with Gasteiger partial charge in [0.25, 0.3) is 0 Å². The molecule has 26 nitrogen and oxygen atoms in total. The number of hydrogen-bond donors (Lipinski definition) is 17. The SMILES string of the molecule is CC(C)C[C@H](NC(=O)[C@H](CCC(=O)O)NC(=O)[C@H](CO)NC(=O)[C@H](CO)NC(=O)[C@@H](N)CS)C(=O)N[C@@H](CCCN=C(N)N)C(=O)N[C@@H](C)C(=O)N[C@@H](C)C(=O)N[C@@H](CS)C(=O)O. The quantitative estimate of drug-likeness (QED) is 0.0138. The van der Waals surface area contributed by atoms with Crippen LogP contribution in [-0.2, 0) is 47.9 Å². The van der Waals surface area contributed by atoms with Crippen molar-refractivity contribution in [3.8, 4) is 0 Å². The van der Waals surface area contributed by atoms with Gasteiger partial charge in [-0.25, -0.2) is 4.79 Å². The Morgan fingerprint density at radius 2 is 0.937 bits per heavy atom. The number of carboxylic acid groups (broad SMARTS) is 2. The van der Waals surface area contributed by atoms with Crippen LogP contribution in [0.5, 0.6) is 0 Å². The highest BCUT2D eigenvalue weighted by Crippen LogP contribution is 2.10. The highest BCUT2D eigenvalue weighted by Gasteiger charge is 2.34. The number of nitrogens with zero attached hydrogens (tertiary/aromatic N) is 1. The van der Waals surface area contributed by atoms with Crippen LogP contribution >= 0.6 is 25.3 Å². The second-order valence-electron chi connectivity index (χ2n) is 14.5. The standard InChI is InChI=1S/C35H62N12O14S2/c1-15(2)10-21(44-30(56)20(7-8-25(50)51)43-32(58)23(12-49)46-33(59)22(11-48)45-28(54)18(36)13-62)31(57)42-19(6-5-9-39-35(37)38)29(55)41-16(3)26(52)40-17(4)27(53)47-24(14-63)34(60)61/h15-24,48-49,62-63H,5-14,36H2,1-4H3,(H,40,52)(H,41,55)(H,42,57)(H,43,58)(H,44,56)(H,45,54)(H,46,59)(H,47,53)(H,50,51)(H,60,61)(H4,37,38,39)/t16-,17-,18-,19-,20-,21-,22-,23-,24-/m0/s1. The van der Waals surface area contributed by atoms with Gasteiger partial charge in [-0.05, 0) is 45.4 Å². The molecule has 358 valence electrons. The van der Waals surface area contributed by atoms with Crippen LogP contribution in [0.1, 0.15) is 59.8 Å². The maximum atomic E-state index is 13.8. The van der Waals surface area contributed by atoms with Crippen molar-refractivity contribution in [2.45, 2.75) is 114 Å². The Morgan fingerprint density at radius 3 is 1.38 bits per heavy atom. The third-order valence-corrected chi connectivity index (χ3v) is 9.42. The Labute approximate surface area is 374 Å². The van der Waals surface area contributed by atoms with Gasteiger partial charge in [0.15, 0.2) is 5.96 Å². The number of nitrogens with two attached hydrogens (primary N) is 3. The van der Waals surface area contributed by atoms with Crippen molar-refractivity contribution >= 4 is 90.4 Å². The molecule has 0 bridgehead atoms. The lowest BCUT2D eigenvalue weighted by atomic mass is 10.0. The number of aliphatic carboxylic acids is 2. The summed E-state index contributed by atoms with van der Waals surface area (Å²) >= 11 is 7.75. The number of aliphatic hydroxyl groups is 2. The van der Waals surface area contributed by atoms with Crippen molar-refractivity contribution in [2.24, 2.45) is 28.1 Å². The molecule has 0 aliphatic rings. The number of nitrogens with one attached hydrogen (secondary N) is 8. The van der Waals surface area contributed by atoms with Crippen LogP contribution < -0.4 is 59.7 Å². The van der Waals surface area contributed by atoms with Crippen LogP contribution in [-0.4, -0.2) is 171 Å². The lowest BCUT2D eigenvalue weighted by Gasteiger charge is -2.27. The minimum absolute atomic E-state index is 0.0141. The van der Waals surface area contributed by atoms with E-state index in [2.05, 4.69) is 72.8 Å². The Balaban J connectivity index is 6.27. The Bertz CT molecular complexity index is 1640. The number of carbonyl (C=O) groups is 10. The molecule has 28 heteroatoms. The van der Waals surface area contributed by atoms with Crippen molar-refractivity contribution in [1.29, 1.82) is 0 Å². The molecule has 0 saturated heterocycles. The maximum absolute atomic E-state index is 13.8. The monoisotopic (exact) mass is 938 g/mol. The van der Waals surface area contributed by atoms with Crippen molar-refractivity contribution in [3.05, 3.63) is 0 Å². The molecular formula is C35H62N12O14S2. The van der Waals surface area contributed by atoms with Gasteiger partial charge in [0.1, 0.15) is 48.3 Å². The fourth-order valence-corrected chi connectivity index (χ4v) is 5.53. The van der Waals surface area contributed by atoms with E-state index in [4.69, 9.17) is 17.2 Å². The van der Waals surface area contributed by atoms with Crippen molar-refractivity contribution in [1.82, 2.24) is 42.5 Å². The van der Waals surface area contributed by atoms with E-state index in [9.17, 15) is 68.4 Å². The van der Waals surface area contributed by atoms with Gasteiger partial charge < -0.3 is 80.2 Å². The molecule has 0 saturated carbocycles. The molecule has 0 aliphatic heterocycles. The van der Waals surface area contributed by atoms with Crippen LogP contribution in [0.25, 0.3) is 0 Å². The molecule has 0 spiro atoms. The van der Waals surface area contributed by atoms with Gasteiger partial charge in [-0.3, -0.25) is 48.1 Å². The van der Waals surface area contributed by atoms with E-state index >= 15 is 0 Å². The summed E-state index contributed by atoms with van der Waals surface area (Å²) in [4.78, 5) is 131. The first kappa shape index (κ1) is 57.5. The van der Waals surface area contributed by atoms with Gasteiger partial charge in [-0.2, -0.15) is 25.3 Å². The fraction of sp³-hybridized carbons (Fsp3) is 0.686. The minimum atomic E-state index is -1.79. The molecular weight excluding hydrogens is 877 g/mol. The molecule has 0 aromatic heterocycles. The van der Waals surface area contributed by atoms with Crippen molar-refractivity contribution < 1.29 is 68.4 Å². The predicted molar refractivity (Wildman–Crippen MR) is 231 cm³/mol. The molecule has 0 heterocycles. The molecule has 63 heavy (non-hydrogen) atoms. The average Bonchev–Trinajstić information content (AvgIpc) is 3.21. The van der Waals surface area contributed by atoms with E-state index in [1.54, 1.807) is 13.8 Å². The highest BCUT2D eigenvalue weighted by molar-refractivity contribution is 7.80. The summed E-state index contributed by atoms with van der Waals surface area (Å²) in [5.74, 6) is -11.4. The predicted octanol–water partition coefficient (Wildman–Crippen LogP) is -6.87. The molecule has 0 unspecified atom stereocenters. The van der Waals surface area contributed by atoms with Crippen molar-refractivity contribution in [2.75, 3.05) is 31.3 Å². The summed E-state index contributed by atoms with van der Waals surface area (Å²) in [6.07, 6.45) is -1.28. The van der Waals surface area contributed by atoms with Crippen LogP contribution in [0.3, 0.4) is 0 Å². The van der Waals surface area contributed by atoms with Gasteiger partial charge in [0, 0.05) is 24.5 Å². The summed E-state index contributed by atoms with van der Waals surface area (Å²) in [6.45, 7) is 3.95. The number of amides is 8. The van der Waals surface area contributed by atoms with E-state index in [0.717, 1.165) is 0 Å². The molecule has 0 fully saturated rings. The summed E-state index contributed by atoms with van der Waals surface area (Å²) in [7, 11) is 0. The van der Waals surface area contributed by atoms with Crippen LogP contribution in [0, 0.1) is 5.92 Å². The number of carbonyl (C=O) groups excluding carboxylic acids is 8. The fourth-order valence-electron chi connectivity index (χ4n) is 5.12. The van der Waals surface area contributed by atoms with E-state index in [-0.39, 0.29) is 49.2 Å². The molecule has 0 aromatic carbocycles. The Morgan fingerprint density at radius 1 is 0.540 bits per heavy atom. The van der Waals surface area contributed by atoms with E-state index in [1.165, 1.54) is 13.8 Å². The lowest BCUT2D eigenvalue weighted by Crippen LogP contribution is -2.61. The highest BCUT2D eigenvalue weighted by atomic mass is 32.1. The Hall–Kier alpha value is -5.45. The topological polar surface area (TPSA) is 438 Å². The number of carboxylic acids is 2. The first-order valence-corrected chi connectivity index (χ1v) is 20.8. The van der Waals surface area contributed by atoms with Crippen LogP contribution in [0.2, 0.25) is 0 Å². The number of guanidine groups is 1. The maximum Gasteiger partial charge on any atom is 0.327 e. The molecule has 18 N–H and O–H groups in total. The number of aliphatic hydroxyl groups excluding tert-OH is 2. The molecule has 0 rings (SSSR count). The van der Waals surface area contributed by atoms with E-state index in [0.29, 0.717) is 0 Å². The van der Waals surface area contributed by atoms with Gasteiger partial charge in [-0.1, -0.05) is 13.8 Å². The molecule has 8 amide bonds. The lowest BCUT2D eigenvalue weighted by molar-refractivity contribution is -0.141. The van der Waals surface area contributed by atoms with Crippen LogP contribution in [0.15, 0.2) is 4.99 Å². The second kappa shape index (κ2) is 29.8. The van der Waals surface area contributed by atoms with E-state index in [1.807, 2.05) is 0 Å². The minimum Gasteiger partial charge on any atom is -0.481 e. The molecule has 9 atom stereocenters. The third-order valence-electron chi connectivity index (χ3n) is 8.66. The number of aliphatic imine (C=N–C) groups is 1. The number of hydrogen-bond acceptors (Lipinski definition) is 16. The zero-order chi connectivity index (χ0) is 48.6. The first-order chi connectivity index (χ1) is 29.4. The molecule has 0 aliphatic carbocycles. The summed E-state index contributed by atoms with van der Waals surface area (Å²) < 4.78 is 0. The summed E-state index contributed by atoms with van der Waals surface area (Å²) in [5, 5.41) is 56.5. The Kier molecular flexibility index (Phi) is 27.2. The van der Waals surface area contributed by atoms with Gasteiger partial charge in [0.2, 0.25) is 47.3 Å². The third kappa shape index (κ3) is 22.5. The average molecular weight is 939 g/mol. The molecule has 0 aromatic rings. The number of rotatable bonds is 30. The zero-order valence-corrected chi connectivity index (χ0v) is 37.1. The summed E-state index contributed by atoms with van der Waals surface area (Å²) in [6, 6.07) is -13.0. The number of thiol groups is 2. The largest absolute Gasteiger partial charge is 0.481 e. The van der Waals surface area contributed by atoms with Gasteiger partial charge in [-0.15, -0.1) is 0 Å². The summed E-state index contributed by atoms with van der Waals surface area (Å²) in [5.41, 5.74) is 16.3. The van der Waals surface area contributed by atoms with Gasteiger partial charge in [0.05, 0.1) is 19.3 Å². The second-order valence-corrected chi connectivity index (χ2v) is 15.2. The van der Waals surface area contributed by atoms with Crippen molar-refractivity contribution in [3.63, 3.8) is 0 Å². The van der Waals surface area contributed by atoms with Crippen LogP contribution in [0.4, 0.5) is 0 Å². The first-order valence-electron chi connectivity index (χ1n) is 19.5. The zero-order valence-electron chi connectivity index (χ0n) is 35.3. The van der Waals surface area contributed by atoms with E-state index < -0.39 is 140 Å². The van der Waals surface area contributed by atoms with Gasteiger partial charge >= 0.3 is 11.9 Å². The smallest absolute Gasteiger partial charge is 0.327 e. The normalized spacial score (nSPS) is 15.2. The molecule has 0 radical (unpaired) electrons.